The molecule has 3 N–H and O–H groups in total. The van der Waals surface area contributed by atoms with Crippen molar-refractivity contribution in [2.45, 2.75) is 13.8 Å². The van der Waals surface area contributed by atoms with Crippen LogP contribution in [0, 0.1) is 5.92 Å². The maximum Gasteiger partial charge on any atom is 0.276 e. The fourth-order valence-electron chi connectivity index (χ4n) is 2.16. The van der Waals surface area contributed by atoms with Crippen molar-refractivity contribution in [1.82, 2.24) is 16.2 Å². The lowest BCUT2D eigenvalue weighted by molar-refractivity contribution is -0.123. The van der Waals surface area contributed by atoms with Gasteiger partial charge in [0.05, 0.1) is 17.2 Å². The second-order valence-corrected chi connectivity index (χ2v) is 9.31. The van der Waals surface area contributed by atoms with Gasteiger partial charge >= 0.3 is 0 Å². The van der Waals surface area contributed by atoms with Crippen molar-refractivity contribution < 1.29 is 19.1 Å². The van der Waals surface area contributed by atoms with E-state index in [1.165, 1.54) is 0 Å². The zero-order valence-corrected chi connectivity index (χ0v) is 21.4. The van der Waals surface area contributed by atoms with Crippen LogP contribution < -0.4 is 25.6 Å². The van der Waals surface area contributed by atoms with Gasteiger partial charge in [0.1, 0.15) is 11.5 Å². The summed E-state index contributed by atoms with van der Waals surface area (Å²) in [4.78, 5) is 24.6. The lowest BCUT2D eigenvalue weighted by Gasteiger charge is -2.15. The minimum atomic E-state index is -0.515. The molecule has 0 aliphatic heterocycles. The van der Waals surface area contributed by atoms with Gasteiger partial charge in [0.2, 0.25) is 0 Å². The van der Waals surface area contributed by atoms with Gasteiger partial charge in [-0.3, -0.25) is 25.8 Å². The summed E-state index contributed by atoms with van der Waals surface area (Å²) in [6.45, 7) is 4.18. The predicted octanol–water partition coefficient (Wildman–Crippen LogP) is 4.61. The molecule has 7 nitrogen and oxygen atoms in total. The van der Waals surface area contributed by atoms with Crippen LogP contribution in [0.3, 0.4) is 0 Å². The molecule has 2 rings (SSSR count). The number of rotatable bonds is 7. The van der Waals surface area contributed by atoms with E-state index in [-0.39, 0.29) is 11.7 Å². The molecule has 2 amide bonds. The number of ether oxygens (including phenoxy) is 2. The number of nitrogens with one attached hydrogen (secondary N) is 3. The van der Waals surface area contributed by atoms with E-state index in [9.17, 15) is 9.59 Å². The summed E-state index contributed by atoms with van der Waals surface area (Å²) in [5.41, 5.74) is 5.10. The second-order valence-electron chi connectivity index (χ2n) is 6.67. The van der Waals surface area contributed by atoms with E-state index in [0.717, 1.165) is 4.47 Å². The number of amides is 2. The molecular formula is C20H20Br2ClN3O4S. The Labute approximate surface area is 207 Å². The highest BCUT2D eigenvalue weighted by molar-refractivity contribution is 9.10. The van der Waals surface area contributed by atoms with Gasteiger partial charge in [0.25, 0.3) is 11.8 Å². The van der Waals surface area contributed by atoms with Crippen LogP contribution in [-0.2, 0) is 4.79 Å². The van der Waals surface area contributed by atoms with Crippen LogP contribution in [0.4, 0.5) is 0 Å². The Morgan fingerprint density at radius 1 is 1.03 bits per heavy atom. The Bertz CT molecular complexity index is 975. The molecule has 31 heavy (non-hydrogen) atoms. The van der Waals surface area contributed by atoms with Gasteiger partial charge in [0.15, 0.2) is 11.7 Å². The van der Waals surface area contributed by atoms with Gasteiger partial charge in [-0.25, -0.2) is 0 Å². The molecule has 0 unspecified atom stereocenters. The van der Waals surface area contributed by atoms with Gasteiger partial charge in [-0.05, 0) is 54.5 Å². The second kappa shape index (κ2) is 12.2. The Balaban J connectivity index is 1.86. The molecule has 11 heteroatoms. The number of thiocarbonyl (C=S) groups is 1. The molecule has 2 aromatic carbocycles. The molecule has 166 valence electrons. The van der Waals surface area contributed by atoms with Crippen molar-refractivity contribution in [2.24, 2.45) is 5.92 Å². The van der Waals surface area contributed by atoms with E-state index in [4.69, 9.17) is 33.3 Å². The Morgan fingerprint density at radius 2 is 1.68 bits per heavy atom. The molecule has 0 saturated heterocycles. The largest absolute Gasteiger partial charge is 0.492 e. The van der Waals surface area contributed by atoms with Crippen LogP contribution in [0.15, 0.2) is 45.3 Å². The molecule has 0 fully saturated rings. The van der Waals surface area contributed by atoms with Crippen LogP contribution >= 0.6 is 55.7 Å². The first-order valence-electron chi connectivity index (χ1n) is 9.06. The van der Waals surface area contributed by atoms with E-state index in [1.807, 2.05) is 13.8 Å². The highest BCUT2D eigenvalue weighted by Crippen LogP contribution is 2.27. The highest BCUT2D eigenvalue weighted by atomic mass is 79.9. The maximum atomic E-state index is 12.6. The molecule has 0 aromatic heterocycles. The quantitative estimate of drug-likeness (QED) is 0.321. The zero-order chi connectivity index (χ0) is 23.0. The number of halogens is 3. The van der Waals surface area contributed by atoms with Crippen LogP contribution in [0.25, 0.3) is 0 Å². The van der Waals surface area contributed by atoms with E-state index in [1.54, 1.807) is 36.4 Å². The third-order valence-electron chi connectivity index (χ3n) is 3.55. The molecule has 0 bridgehead atoms. The third kappa shape index (κ3) is 8.64. The minimum absolute atomic E-state index is 0.0881. The number of benzene rings is 2. The summed E-state index contributed by atoms with van der Waals surface area (Å²) in [6, 6.07) is 10.1. The van der Waals surface area contributed by atoms with E-state index < -0.39 is 11.8 Å². The highest BCUT2D eigenvalue weighted by Gasteiger charge is 2.16. The fourth-order valence-corrected chi connectivity index (χ4v) is 3.39. The van der Waals surface area contributed by atoms with Gasteiger partial charge in [0, 0.05) is 8.95 Å². The Morgan fingerprint density at radius 3 is 2.32 bits per heavy atom. The van der Waals surface area contributed by atoms with E-state index >= 15 is 0 Å². The summed E-state index contributed by atoms with van der Waals surface area (Å²) in [5.74, 6) is 0.0937. The molecule has 0 aliphatic rings. The zero-order valence-electron chi connectivity index (χ0n) is 16.6. The fraction of sp³-hybridized carbons (Fsp3) is 0.250. The number of carbonyl (C=O) groups excluding carboxylic acids is 2. The van der Waals surface area contributed by atoms with Crippen molar-refractivity contribution >= 4 is 72.6 Å². The van der Waals surface area contributed by atoms with Crippen LogP contribution in [0.2, 0.25) is 5.02 Å². The summed E-state index contributed by atoms with van der Waals surface area (Å²) >= 11 is 17.7. The van der Waals surface area contributed by atoms with E-state index in [0.29, 0.717) is 39.1 Å². The summed E-state index contributed by atoms with van der Waals surface area (Å²) in [5, 5.41) is 2.77. The van der Waals surface area contributed by atoms with Gasteiger partial charge in [-0.1, -0.05) is 57.3 Å². The predicted molar refractivity (Wildman–Crippen MR) is 130 cm³/mol. The Kier molecular flexibility index (Phi) is 10.0. The molecule has 2 aromatic rings. The Hall–Kier alpha value is -1.88. The smallest absolute Gasteiger partial charge is 0.276 e. The van der Waals surface area contributed by atoms with Crippen molar-refractivity contribution in [2.75, 3.05) is 13.2 Å². The summed E-state index contributed by atoms with van der Waals surface area (Å²) in [7, 11) is 0. The standard InChI is InChI=1S/C20H20Br2ClN3O4S/c1-11(2)9-29-16-5-3-12(21)7-14(16)19(28)24-20(31)26-25-18(27)10-30-17-6-4-13(22)8-15(17)23/h3-8,11H,9-10H2,1-2H3,(H,25,27)(H2,24,26,28,31). The molecule has 0 radical (unpaired) electrons. The first-order valence-corrected chi connectivity index (χ1v) is 11.4. The SMILES string of the molecule is CC(C)COc1ccc(Br)cc1C(=O)NC(=S)NNC(=O)COc1ccc(Br)cc1Cl. The first-order chi connectivity index (χ1) is 14.7. The average molecular weight is 594 g/mol. The number of hydrazine groups is 1. The molecule has 0 atom stereocenters. The van der Waals surface area contributed by atoms with Gasteiger partial charge < -0.3 is 9.47 Å². The van der Waals surface area contributed by atoms with Crippen LogP contribution in [0.5, 0.6) is 11.5 Å². The number of carbonyl (C=O) groups is 2. The first kappa shape index (κ1) is 25.4. The van der Waals surface area contributed by atoms with Crippen LogP contribution in [-0.4, -0.2) is 30.1 Å². The number of hydrogen-bond acceptors (Lipinski definition) is 5. The molecule has 0 saturated carbocycles. The number of hydrogen-bond donors (Lipinski definition) is 3. The summed E-state index contributed by atoms with van der Waals surface area (Å²) in [6.07, 6.45) is 0. The summed E-state index contributed by atoms with van der Waals surface area (Å²) < 4.78 is 12.6. The molecule has 0 spiro atoms. The van der Waals surface area contributed by atoms with Gasteiger partial charge in [-0.2, -0.15) is 0 Å². The van der Waals surface area contributed by atoms with Crippen LogP contribution in [0.1, 0.15) is 24.2 Å². The van der Waals surface area contributed by atoms with Crippen molar-refractivity contribution in [1.29, 1.82) is 0 Å². The third-order valence-corrected chi connectivity index (χ3v) is 5.04. The minimum Gasteiger partial charge on any atom is -0.492 e. The molecular weight excluding hydrogens is 574 g/mol. The van der Waals surface area contributed by atoms with Gasteiger partial charge in [-0.15, -0.1) is 0 Å². The average Bonchev–Trinajstić information content (AvgIpc) is 2.70. The topological polar surface area (TPSA) is 88.7 Å². The van der Waals surface area contributed by atoms with Crippen molar-refractivity contribution in [3.8, 4) is 11.5 Å². The normalized spacial score (nSPS) is 10.4. The molecule has 0 heterocycles. The lowest BCUT2D eigenvalue weighted by atomic mass is 10.2. The lowest BCUT2D eigenvalue weighted by Crippen LogP contribution is -2.49. The van der Waals surface area contributed by atoms with Crippen molar-refractivity contribution in [3.05, 3.63) is 55.9 Å². The monoisotopic (exact) mass is 591 g/mol. The van der Waals surface area contributed by atoms with E-state index in [2.05, 4.69) is 48.0 Å². The molecule has 0 aliphatic carbocycles. The maximum absolute atomic E-state index is 12.6. The van der Waals surface area contributed by atoms with Crippen molar-refractivity contribution in [3.63, 3.8) is 0 Å².